The zero-order valence-electron chi connectivity index (χ0n) is 14.8. The number of methoxy groups -OCH3 is 1. The van der Waals surface area contributed by atoms with E-state index in [2.05, 4.69) is 24.3 Å². The van der Waals surface area contributed by atoms with Crippen molar-refractivity contribution in [3.63, 3.8) is 0 Å². The van der Waals surface area contributed by atoms with Gasteiger partial charge in [-0.25, -0.2) is 0 Å². The molecule has 1 saturated heterocycles. The van der Waals surface area contributed by atoms with Gasteiger partial charge in [-0.3, -0.25) is 9.69 Å². The largest absolute Gasteiger partial charge is 0.496 e. The fourth-order valence-electron chi connectivity index (χ4n) is 3.62. The number of likely N-dealkylation sites (tertiary alicyclic amines) is 1. The predicted molar refractivity (Wildman–Crippen MR) is 105 cm³/mol. The minimum Gasteiger partial charge on any atom is -0.496 e. The molecule has 2 unspecified atom stereocenters. The van der Waals surface area contributed by atoms with Crippen LogP contribution >= 0.6 is 23.4 Å². The standard InChI is InChI=1S/C20H22ClNO3S/c1-25-18-10-7-14(21)12-16(18)19(13-5-8-15(26-2)9-6-13)22-11-3-4-17(22)20(23)24/h5-10,12,17,19H,3-4,11H2,1-2H3,(H,23,24). The van der Waals surface area contributed by atoms with Crippen LogP contribution in [-0.4, -0.2) is 41.9 Å². The lowest BCUT2D eigenvalue weighted by molar-refractivity contribution is -0.142. The van der Waals surface area contributed by atoms with Crippen molar-refractivity contribution in [1.29, 1.82) is 0 Å². The van der Waals surface area contributed by atoms with Gasteiger partial charge in [0.25, 0.3) is 0 Å². The fourth-order valence-corrected chi connectivity index (χ4v) is 4.21. The second-order valence-electron chi connectivity index (χ2n) is 6.30. The van der Waals surface area contributed by atoms with Crippen LogP contribution in [0.4, 0.5) is 0 Å². The van der Waals surface area contributed by atoms with Crippen LogP contribution in [0.2, 0.25) is 5.02 Å². The lowest BCUT2D eigenvalue weighted by Crippen LogP contribution is -2.39. The zero-order valence-corrected chi connectivity index (χ0v) is 16.4. The Kier molecular flexibility index (Phi) is 6.12. The molecule has 0 bridgehead atoms. The topological polar surface area (TPSA) is 49.8 Å². The predicted octanol–water partition coefficient (Wildman–Crippen LogP) is 4.71. The van der Waals surface area contributed by atoms with Crippen LogP contribution in [0, 0.1) is 0 Å². The number of thioether (sulfide) groups is 1. The average Bonchev–Trinajstić information content (AvgIpc) is 3.12. The Morgan fingerprint density at radius 3 is 2.65 bits per heavy atom. The molecule has 138 valence electrons. The number of halogens is 1. The maximum atomic E-state index is 11.8. The van der Waals surface area contributed by atoms with Gasteiger partial charge in [0, 0.05) is 22.0 Å². The summed E-state index contributed by atoms with van der Waals surface area (Å²) < 4.78 is 5.57. The number of hydrogen-bond acceptors (Lipinski definition) is 4. The first-order valence-electron chi connectivity index (χ1n) is 8.51. The highest BCUT2D eigenvalue weighted by Gasteiger charge is 2.38. The van der Waals surface area contributed by atoms with Gasteiger partial charge in [-0.2, -0.15) is 0 Å². The van der Waals surface area contributed by atoms with Gasteiger partial charge < -0.3 is 9.84 Å². The summed E-state index contributed by atoms with van der Waals surface area (Å²) in [5, 5.41) is 10.3. The zero-order chi connectivity index (χ0) is 18.7. The summed E-state index contributed by atoms with van der Waals surface area (Å²) in [5.74, 6) is -0.0707. The molecule has 1 N–H and O–H groups in total. The van der Waals surface area contributed by atoms with Gasteiger partial charge in [0.05, 0.1) is 13.2 Å². The third kappa shape index (κ3) is 3.85. The third-order valence-electron chi connectivity index (χ3n) is 4.83. The van der Waals surface area contributed by atoms with Crippen LogP contribution in [0.25, 0.3) is 0 Å². The van der Waals surface area contributed by atoms with Gasteiger partial charge in [-0.15, -0.1) is 11.8 Å². The van der Waals surface area contributed by atoms with Crippen LogP contribution < -0.4 is 4.74 Å². The first-order valence-corrected chi connectivity index (χ1v) is 10.1. The molecule has 2 aromatic carbocycles. The van der Waals surface area contributed by atoms with Crippen molar-refractivity contribution in [3.8, 4) is 5.75 Å². The van der Waals surface area contributed by atoms with Gasteiger partial charge in [0.2, 0.25) is 0 Å². The Labute approximate surface area is 163 Å². The van der Waals surface area contributed by atoms with Crippen molar-refractivity contribution in [2.75, 3.05) is 19.9 Å². The molecular formula is C20H22ClNO3S. The normalized spacial score (nSPS) is 18.7. The summed E-state index contributed by atoms with van der Waals surface area (Å²) in [6, 6.07) is 13.0. The van der Waals surface area contributed by atoms with Crippen molar-refractivity contribution in [2.45, 2.75) is 29.8 Å². The van der Waals surface area contributed by atoms with E-state index in [1.807, 2.05) is 23.3 Å². The van der Waals surface area contributed by atoms with Gasteiger partial charge in [-0.1, -0.05) is 23.7 Å². The first-order chi connectivity index (χ1) is 12.5. The summed E-state index contributed by atoms with van der Waals surface area (Å²) >= 11 is 7.94. The van der Waals surface area contributed by atoms with Gasteiger partial charge in [0.15, 0.2) is 0 Å². The quantitative estimate of drug-likeness (QED) is 0.722. The average molecular weight is 392 g/mol. The molecule has 0 amide bonds. The summed E-state index contributed by atoms with van der Waals surface area (Å²) in [4.78, 5) is 15.0. The molecule has 1 aliphatic heterocycles. The molecular weight excluding hydrogens is 370 g/mol. The maximum Gasteiger partial charge on any atom is 0.320 e. The number of nitrogens with zero attached hydrogens (tertiary/aromatic N) is 1. The smallest absolute Gasteiger partial charge is 0.320 e. The molecule has 6 heteroatoms. The fraction of sp³-hybridized carbons (Fsp3) is 0.350. The molecule has 2 aromatic rings. The maximum absolute atomic E-state index is 11.8. The van der Waals surface area contributed by atoms with E-state index < -0.39 is 12.0 Å². The molecule has 1 aliphatic rings. The molecule has 2 atom stereocenters. The highest BCUT2D eigenvalue weighted by atomic mass is 35.5. The summed E-state index contributed by atoms with van der Waals surface area (Å²) in [5.41, 5.74) is 1.93. The van der Waals surface area contributed by atoms with E-state index >= 15 is 0 Å². The van der Waals surface area contributed by atoms with Crippen molar-refractivity contribution in [1.82, 2.24) is 4.90 Å². The van der Waals surface area contributed by atoms with Crippen LogP contribution in [0.1, 0.15) is 30.0 Å². The highest BCUT2D eigenvalue weighted by molar-refractivity contribution is 7.98. The van der Waals surface area contributed by atoms with E-state index in [0.717, 1.165) is 24.1 Å². The monoisotopic (exact) mass is 391 g/mol. The van der Waals surface area contributed by atoms with Crippen molar-refractivity contribution in [2.24, 2.45) is 0 Å². The minimum absolute atomic E-state index is 0.219. The molecule has 1 heterocycles. The van der Waals surface area contributed by atoms with E-state index in [0.29, 0.717) is 17.2 Å². The molecule has 0 radical (unpaired) electrons. The van der Waals surface area contributed by atoms with E-state index in [-0.39, 0.29) is 6.04 Å². The number of carboxylic acids is 1. The summed E-state index contributed by atoms with van der Waals surface area (Å²) in [7, 11) is 1.62. The number of benzene rings is 2. The number of hydrogen-bond donors (Lipinski definition) is 1. The molecule has 1 fully saturated rings. The Morgan fingerprint density at radius 2 is 2.04 bits per heavy atom. The lowest BCUT2D eigenvalue weighted by Gasteiger charge is -2.33. The number of ether oxygens (including phenoxy) is 1. The second-order valence-corrected chi connectivity index (χ2v) is 7.61. The SMILES string of the molecule is COc1ccc(Cl)cc1C(c1ccc(SC)cc1)N1CCCC1C(=O)O. The van der Waals surface area contributed by atoms with Crippen LogP contribution in [0.15, 0.2) is 47.4 Å². The van der Waals surface area contributed by atoms with E-state index in [9.17, 15) is 9.90 Å². The molecule has 0 saturated carbocycles. The molecule has 3 rings (SSSR count). The van der Waals surface area contributed by atoms with Crippen molar-refractivity contribution in [3.05, 3.63) is 58.6 Å². The highest BCUT2D eigenvalue weighted by Crippen LogP contribution is 2.40. The summed E-state index contributed by atoms with van der Waals surface area (Å²) in [6.07, 6.45) is 3.55. The minimum atomic E-state index is -0.783. The molecule has 26 heavy (non-hydrogen) atoms. The lowest BCUT2D eigenvalue weighted by atomic mass is 9.95. The van der Waals surface area contributed by atoms with Gasteiger partial charge >= 0.3 is 5.97 Å². The van der Waals surface area contributed by atoms with Crippen molar-refractivity contribution < 1.29 is 14.6 Å². The first kappa shape index (κ1) is 19.1. The van der Waals surface area contributed by atoms with E-state index in [1.54, 1.807) is 24.9 Å². The van der Waals surface area contributed by atoms with Gasteiger partial charge in [0.1, 0.15) is 11.8 Å². The van der Waals surface area contributed by atoms with Gasteiger partial charge in [-0.05, 0) is 55.0 Å². The number of rotatable bonds is 6. The number of aliphatic carboxylic acids is 1. The summed E-state index contributed by atoms with van der Waals surface area (Å²) in [6.45, 7) is 0.724. The third-order valence-corrected chi connectivity index (χ3v) is 5.81. The number of carbonyl (C=O) groups is 1. The number of carboxylic acid groups (broad SMARTS) is 1. The van der Waals surface area contributed by atoms with E-state index in [4.69, 9.17) is 16.3 Å². The van der Waals surface area contributed by atoms with E-state index in [1.165, 1.54) is 4.90 Å². The van der Waals surface area contributed by atoms with Crippen molar-refractivity contribution >= 4 is 29.3 Å². The Balaban J connectivity index is 2.12. The molecule has 0 spiro atoms. The second kappa shape index (κ2) is 8.33. The Hall–Kier alpha value is -1.69. The molecule has 0 aliphatic carbocycles. The molecule has 0 aromatic heterocycles. The van der Waals surface area contributed by atoms with Crippen LogP contribution in [0.3, 0.4) is 0 Å². The Morgan fingerprint density at radius 1 is 1.31 bits per heavy atom. The Bertz CT molecular complexity index is 781. The van der Waals surface area contributed by atoms with Crippen LogP contribution in [-0.2, 0) is 4.79 Å². The van der Waals surface area contributed by atoms with Crippen LogP contribution in [0.5, 0.6) is 5.75 Å². The molecule has 4 nitrogen and oxygen atoms in total.